The highest BCUT2D eigenvalue weighted by atomic mass is 79.9. The summed E-state index contributed by atoms with van der Waals surface area (Å²) in [6.07, 6.45) is 2.27. The molecule has 0 fully saturated rings. The highest BCUT2D eigenvalue weighted by Gasteiger charge is 2.18. The van der Waals surface area contributed by atoms with Crippen molar-refractivity contribution in [1.29, 1.82) is 0 Å². The number of amides is 1. The van der Waals surface area contributed by atoms with Gasteiger partial charge in [-0.05, 0) is 55.0 Å². The van der Waals surface area contributed by atoms with Crippen LogP contribution in [0.1, 0.15) is 37.6 Å². The minimum absolute atomic E-state index is 0.0173. The Morgan fingerprint density at radius 3 is 2.52 bits per heavy atom. The van der Waals surface area contributed by atoms with Crippen molar-refractivity contribution >= 4 is 44.6 Å². The Kier molecular flexibility index (Phi) is 9.15. The molecule has 0 bridgehead atoms. The Hall–Kier alpha value is -4.25. The lowest BCUT2D eigenvalue weighted by atomic mass is 10.1. The van der Waals surface area contributed by atoms with E-state index < -0.39 is 11.7 Å². The molecule has 0 unspecified atom stereocenters. The van der Waals surface area contributed by atoms with Crippen LogP contribution in [0.5, 0.6) is 17.2 Å². The lowest BCUT2D eigenvalue weighted by Crippen LogP contribution is -2.23. The van der Waals surface area contributed by atoms with Crippen LogP contribution in [0.25, 0.3) is 10.9 Å². The number of carbonyl (C=O) groups excluding carboxylic acids is 1. The van der Waals surface area contributed by atoms with Gasteiger partial charge in [-0.1, -0.05) is 35.8 Å². The predicted octanol–water partition coefficient (Wildman–Crippen LogP) is 5.73. The average Bonchev–Trinajstić information content (AvgIpc) is 2.95. The third kappa shape index (κ3) is 6.48. The quantitative estimate of drug-likeness (QED) is 0.230. The Morgan fingerprint density at radius 2 is 1.88 bits per heavy atom. The summed E-state index contributed by atoms with van der Waals surface area (Å²) in [5.41, 5.74) is 1.17. The average molecular weight is 611 g/mol. The lowest BCUT2D eigenvalue weighted by Gasteiger charge is -2.16. The fourth-order valence-corrected chi connectivity index (χ4v) is 4.28. The van der Waals surface area contributed by atoms with E-state index in [2.05, 4.69) is 26.3 Å². The van der Waals surface area contributed by atoms with Crippen molar-refractivity contribution in [2.24, 2.45) is 5.10 Å². The number of hydrogen-bond donors (Lipinski definition) is 1. The van der Waals surface area contributed by atoms with Crippen LogP contribution in [0.2, 0.25) is 0 Å². The second kappa shape index (κ2) is 12.7. The molecule has 1 N–H and O–H groups in total. The first kappa shape index (κ1) is 28.8. The van der Waals surface area contributed by atoms with Gasteiger partial charge in [-0.3, -0.25) is 9.59 Å². The summed E-state index contributed by atoms with van der Waals surface area (Å²) < 4.78 is 32.2. The van der Waals surface area contributed by atoms with Gasteiger partial charge in [0.2, 0.25) is 5.75 Å². The molecule has 0 aliphatic carbocycles. The van der Waals surface area contributed by atoms with Gasteiger partial charge in [0, 0.05) is 21.6 Å². The van der Waals surface area contributed by atoms with Gasteiger partial charge >= 0.3 is 0 Å². The molecule has 40 heavy (non-hydrogen) atoms. The molecule has 1 amide bonds. The second-order valence-corrected chi connectivity index (χ2v) is 9.82. The molecule has 11 heteroatoms. The minimum Gasteiger partial charge on any atom is -0.493 e. The van der Waals surface area contributed by atoms with E-state index >= 15 is 0 Å². The fraction of sp³-hybridized carbons (Fsp3) is 0.241. The number of benzene rings is 3. The number of fused-ring (bicyclic) bond motifs is 1. The van der Waals surface area contributed by atoms with Crippen molar-refractivity contribution in [3.05, 3.63) is 86.6 Å². The molecule has 0 radical (unpaired) electrons. The molecule has 0 saturated heterocycles. The predicted molar refractivity (Wildman–Crippen MR) is 155 cm³/mol. The van der Waals surface area contributed by atoms with E-state index in [1.54, 1.807) is 30.3 Å². The van der Waals surface area contributed by atoms with E-state index in [-0.39, 0.29) is 35.3 Å². The fourth-order valence-electron chi connectivity index (χ4n) is 3.92. The van der Waals surface area contributed by atoms with Crippen LogP contribution in [0, 0.1) is 5.82 Å². The maximum atomic E-state index is 13.4. The van der Waals surface area contributed by atoms with Crippen molar-refractivity contribution in [2.75, 3.05) is 26.1 Å². The van der Waals surface area contributed by atoms with Gasteiger partial charge in [-0.2, -0.15) is 9.78 Å². The van der Waals surface area contributed by atoms with Gasteiger partial charge in [-0.15, -0.1) is 0 Å². The van der Waals surface area contributed by atoms with Gasteiger partial charge in [-0.25, -0.2) is 9.37 Å². The molecular weight excluding hydrogens is 583 g/mol. The van der Waals surface area contributed by atoms with Gasteiger partial charge in [0.1, 0.15) is 11.6 Å². The van der Waals surface area contributed by atoms with E-state index in [0.29, 0.717) is 28.0 Å². The van der Waals surface area contributed by atoms with E-state index in [1.807, 2.05) is 19.9 Å². The second-order valence-electron chi connectivity index (χ2n) is 8.90. The summed E-state index contributed by atoms with van der Waals surface area (Å²) >= 11 is 3.41. The Labute approximate surface area is 238 Å². The maximum Gasteiger partial charge on any atom is 0.282 e. The van der Waals surface area contributed by atoms with Crippen molar-refractivity contribution in [2.45, 2.75) is 26.2 Å². The van der Waals surface area contributed by atoms with Crippen LogP contribution < -0.4 is 25.1 Å². The van der Waals surface area contributed by atoms with Gasteiger partial charge in [0.05, 0.1) is 31.3 Å². The first-order valence-corrected chi connectivity index (χ1v) is 13.2. The van der Waals surface area contributed by atoms with Crippen molar-refractivity contribution in [3.8, 4) is 17.2 Å². The van der Waals surface area contributed by atoms with Gasteiger partial charge < -0.3 is 19.5 Å². The van der Waals surface area contributed by atoms with Crippen LogP contribution in [-0.2, 0) is 4.79 Å². The number of halogens is 2. The molecule has 1 heterocycles. The summed E-state index contributed by atoms with van der Waals surface area (Å²) in [6.45, 7) is 3.63. The SMILES string of the molecule is CC[C@H](C)c1nc2ccc(Br)cc2c(=O)n1N=Cc1cc(OC)c(OCC(=O)Nc2cccc(F)c2)c(OC)c1. The Bertz CT molecular complexity index is 1610. The zero-order chi connectivity index (χ0) is 28.8. The minimum atomic E-state index is -0.493. The van der Waals surface area contributed by atoms with Gasteiger partial charge in [0.15, 0.2) is 18.1 Å². The van der Waals surface area contributed by atoms with E-state index in [1.165, 1.54) is 43.3 Å². The first-order chi connectivity index (χ1) is 19.2. The summed E-state index contributed by atoms with van der Waals surface area (Å²) in [5.74, 6) is 0.339. The summed E-state index contributed by atoms with van der Waals surface area (Å²) in [6, 6.07) is 14.2. The highest BCUT2D eigenvalue weighted by molar-refractivity contribution is 9.10. The molecule has 0 saturated carbocycles. The maximum absolute atomic E-state index is 13.4. The molecule has 1 aromatic heterocycles. The summed E-state index contributed by atoms with van der Waals surface area (Å²) in [5, 5.41) is 7.50. The number of carbonyl (C=O) groups is 1. The van der Waals surface area contributed by atoms with E-state index in [0.717, 1.165) is 10.9 Å². The number of nitrogens with zero attached hydrogens (tertiary/aromatic N) is 3. The molecule has 0 spiro atoms. The van der Waals surface area contributed by atoms with Crippen molar-refractivity contribution in [3.63, 3.8) is 0 Å². The molecule has 4 rings (SSSR count). The number of ether oxygens (including phenoxy) is 3. The summed E-state index contributed by atoms with van der Waals surface area (Å²) in [7, 11) is 2.90. The monoisotopic (exact) mass is 610 g/mol. The van der Waals surface area contributed by atoms with Crippen molar-refractivity contribution < 1.29 is 23.4 Å². The molecular formula is C29H28BrFN4O5. The number of aromatic nitrogens is 2. The zero-order valence-electron chi connectivity index (χ0n) is 22.4. The number of anilines is 1. The zero-order valence-corrected chi connectivity index (χ0v) is 24.0. The molecule has 1 atom stereocenters. The number of nitrogens with one attached hydrogen (secondary N) is 1. The van der Waals surface area contributed by atoms with Gasteiger partial charge in [0.25, 0.3) is 11.5 Å². The number of hydrogen-bond acceptors (Lipinski definition) is 7. The standard InChI is InChI=1S/C29H28BrFN4O5/c1-5-17(2)28-34-23-10-9-19(30)13-22(23)29(37)35(28)32-15-18-11-24(38-3)27(25(12-18)39-4)40-16-26(36)33-21-8-6-7-20(31)14-21/h6-15,17H,5,16H2,1-4H3,(H,33,36)/t17-/m0/s1. The van der Waals surface area contributed by atoms with E-state index in [4.69, 9.17) is 19.2 Å². The highest BCUT2D eigenvalue weighted by Crippen LogP contribution is 2.38. The third-order valence-corrected chi connectivity index (χ3v) is 6.64. The molecule has 4 aromatic rings. The van der Waals surface area contributed by atoms with Crippen LogP contribution in [-0.4, -0.2) is 42.6 Å². The Balaban J connectivity index is 1.64. The lowest BCUT2D eigenvalue weighted by molar-refractivity contribution is -0.118. The van der Waals surface area contributed by atoms with Crippen LogP contribution in [0.15, 0.2) is 69.0 Å². The molecule has 208 valence electrons. The molecule has 0 aliphatic heterocycles. The largest absolute Gasteiger partial charge is 0.493 e. The smallest absolute Gasteiger partial charge is 0.282 e. The topological polar surface area (TPSA) is 104 Å². The third-order valence-electron chi connectivity index (χ3n) is 6.15. The van der Waals surface area contributed by atoms with Crippen LogP contribution >= 0.6 is 15.9 Å². The first-order valence-electron chi connectivity index (χ1n) is 12.4. The van der Waals surface area contributed by atoms with Crippen LogP contribution in [0.3, 0.4) is 0 Å². The van der Waals surface area contributed by atoms with Crippen molar-refractivity contribution in [1.82, 2.24) is 9.66 Å². The molecule has 3 aromatic carbocycles. The molecule has 0 aliphatic rings. The molecule has 9 nitrogen and oxygen atoms in total. The number of rotatable bonds is 10. The van der Waals surface area contributed by atoms with E-state index in [9.17, 15) is 14.0 Å². The summed E-state index contributed by atoms with van der Waals surface area (Å²) in [4.78, 5) is 30.5. The Morgan fingerprint density at radius 1 is 1.15 bits per heavy atom. The number of methoxy groups -OCH3 is 2. The normalized spacial score (nSPS) is 11.9. The van der Waals surface area contributed by atoms with Crippen LogP contribution in [0.4, 0.5) is 10.1 Å².